The average molecular weight is 397 g/mol. The van der Waals surface area contributed by atoms with Gasteiger partial charge < -0.3 is 16.4 Å². The van der Waals surface area contributed by atoms with Crippen molar-refractivity contribution in [3.63, 3.8) is 0 Å². The van der Waals surface area contributed by atoms with Crippen LogP contribution < -0.4 is 16.4 Å². The molecule has 11 heteroatoms. The molecule has 1 aromatic rings. The molecule has 0 aliphatic heterocycles. The van der Waals surface area contributed by atoms with Crippen LogP contribution in [-0.2, 0) is 11.0 Å². The van der Waals surface area contributed by atoms with E-state index in [4.69, 9.17) is 5.73 Å². The molecular weight excluding hydrogens is 377 g/mol. The third-order valence-electron chi connectivity index (χ3n) is 3.95. The molecule has 1 saturated carbocycles. The fraction of sp³-hybridized carbons (Fsp3) is 0.533. The number of halogens is 4. The molecule has 1 unspecified atom stereocenters. The van der Waals surface area contributed by atoms with E-state index >= 15 is 0 Å². The van der Waals surface area contributed by atoms with Crippen molar-refractivity contribution in [1.82, 2.24) is 5.32 Å². The standard InChI is InChI=1S/C15H19F3N4O3.ClH/c16-15(17,18)10-3-4-12(13(7-10)22(24)25)20-6-5-14(23)21-8-11(19)9-1-2-9;/h3-4,7,9,11,20H,1-2,5-6,8,19H2,(H,21,23);1H. The second-order valence-electron chi connectivity index (χ2n) is 5.97. The first kappa shape index (κ1) is 22.0. The van der Waals surface area contributed by atoms with Crippen molar-refractivity contribution >= 4 is 29.7 Å². The van der Waals surface area contributed by atoms with Gasteiger partial charge in [-0.3, -0.25) is 14.9 Å². The number of hydrogen-bond donors (Lipinski definition) is 3. The molecule has 1 fully saturated rings. The van der Waals surface area contributed by atoms with E-state index in [1.54, 1.807) is 0 Å². The third-order valence-corrected chi connectivity index (χ3v) is 3.95. The Labute approximate surface area is 154 Å². The van der Waals surface area contributed by atoms with Gasteiger partial charge in [0.2, 0.25) is 5.91 Å². The Hall–Kier alpha value is -2.07. The summed E-state index contributed by atoms with van der Waals surface area (Å²) in [6.45, 7) is 0.417. The van der Waals surface area contributed by atoms with Crippen LogP contribution in [-0.4, -0.2) is 30.0 Å². The largest absolute Gasteiger partial charge is 0.416 e. The minimum Gasteiger partial charge on any atom is -0.379 e. The Balaban J connectivity index is 0.00000338. The molecule has 26 heavy (non-hydrogen) atoms. The van der Waals surface area contributed by atoms with Gasteiger partial charge in [-0.05, 0) is 30.9 Å². The first-order valence-corrected chi connectivity index (χ1v) is 7.80. The van der Waals surface area contributed by atoms with Gasteiger partial charge in [-0.15, -0.1) is 12.4 Å². The summed E-state index contributed by atoms with van der Waals surface area (Å²) in [5, 5.41) is 16.2. The van der Waals surface area contributed by atoms with Crippen LogP contribution in [0.1, 0.15) is 24.8 Å². The van der Waals surface area contributed by atoms with Crippen molar-refractivity contribution in [2.75, 3.05) is 18.4 Å². The molecule has 1 aliphatic carbocycles. The van der Waals surface area contributed by atoms with Gasteiger partial charge >= 0.3 is 6.18 Å². The van der Waals surface area contributed by atoms with Crippen molar-refractivity contribution < 1.29 is 22.9 Å². The molecule has 4 N–H and O–H groups in total. The maximum atomic E-state index is 12.6. The van der Waals surface area contributed by atoms with Gasteiger partial charge in [0.05, 0.1) is 10.5 Å². The van der Waals surface area contributed by atoms with Crippen LogP contribution in [0, 0.1) is 16.0 Å². The first-order valence-electron chi connectivity index (χ1n) is 7.80. The second-order valence-corrected chi connectivity index (χ2v) is 5.97. The summed E-state index contributed by atoms with van der Waals surface area (Å²) in [6.07, 6.45) is -2.51. The normalized spacial score (nSPS) is 14.9. The van der Waals surface area contributed by atoms with Crippen molar-refractivity contribution in [2.24, 2.45) is 11.7 Å². The maximum Gasteiger partial charge on any atom is 0.416 e. The Morgan fingerprint density at radius 1 is 1.38 bits per heavy atom. The molecule has 7 nitrogen and oxygen atoms in total. The number of anilines is 1. The van der Waals surface area contributed by atoms with Gasteiger partial charge in [0.1, 0.15) is 5.69 Å². The molecular formula is C15H20ClF3N4O3. The average Bonchev–Trinajstić information content (AvgIpc) is 3.36. The van der Waals surface area contributed by atoms with E-state index in [1.165, 1.54) is 0 Å². The smallest absolute Gasteiger partial charge is 0.379 e. The monoisotopic (exact) mass is 396 g/mol. The zero-order chi connectivity index (χ0) is 18.6. The van der Waals surface area contributed by atoms with Crippen LogP contribution in [0.25, 0.3) is 0 Å². The number of carbonyl (C=O) groups is 1. The molecule has 146 valence electrons. The van der Waals surface area contributed by atoms with Crippen LogP contribution in [0.15, 0.2) is 18.2 Å². The quantitative estimate of drug-likeness (QED) is 0.462. The summed E-state index contributed by atoms with van der Waals surface area (Å²) in [4.78, 5) is 21.7. The number of nitro groups is 1. The van der Waals surface area contributed by atoms with Crippen LogP contribution in [0.3, 0.4) is 0 Å². The highest BCUT2D eigenvalue weighted by molar-refractivity contribution is 5.85. The molecule has 2 rings (SSSR count). The zero-order valence-electron chi connectivity index (χ0n) is 13.7. The van der Waals surface area contributed by atoms with E-state index in [1.807, 2.05) is 0 Å². The first-order chi connectivity index (χ1) is 11.7. The fourth-order valence-electron chi connectivity index (χ4n) is 2.33. The van der Waals surface area contributed by atoms with Gasteiger partial charge in [0.15, 0.2) is 0 Å². The molecule has 1 amide bonds. The van der Waals surface area contributed by atoms with Crippen LogP contribution >= 0.6 is 12.4 Å². The minimum atomic E-state index is -4.66. The number of alkyl halides is 3. The second kappa shape index (κ2) is 9.04. The SMILES string of the molecule is Cl.NC(CNC(=O)CCNc1ccc(C(F)(F)F)cc1[N+](=O)[O-])C1CC1. The van der Waals surface area contributed by atoms with Crippen LogP contribution in [0.4, 0.5) is 24.5 Å². The highest BCUT2D eigenvalue weighted by Gasteiger charge is 2.33. The number of benzene rings is 1. The third kappa shape index (κ3) is 6.34. The lowest BCUT2D eigenvalue weighted by atomic mass is 10.1. The molecule has 0 bridgehead atoms. The van der Waals surface area contributed by atoms with Crippen molar-refractivity contribution in [3.05, 3.63) is 33.9 Å². The summed E-state index contributed by atoms with van der Waals surface area (Å²) in [5.74, 6) is 0.173. The molecule has 0 aromatic heterocycles. The van der Waals surface area contributed by atoms with Crippen molar-refractivity contribution in [1.29, 1.82) is 0 Å². The highest BCUT2D eigenvalue weighted by atomic mass is 35.5. The lowest BCUT2D eigenvalue weighted by molar-refractivity contribution is -0.384. The van der Waals surface area contributed by atoms with E-state index in [-0.39, 0.29) is 43.0 Å². The summed E-state index contributed by atoms with van der Waals surface area (Å²) in [5.41, 5.74) is 3.99. The van der Waals surface area contributed by atoms with E-state index in [0.29, 0.717) is 18.5 Å². The van der Waals surface area contributed by atoms with Gasteiger partial charge in [-0.25, -0.2) is 0 Å². The Bertz CT molecular complexity index is 654. The van der Waals surface area contributed by atoms with Crippen LogP contribution in [0.2, 0.25) is 0 Å². The van der Waals surface area contributed by atoms with E-state index < -0.39 is 22.4 Å². The van der Waals surface area contributed by atoms with Crippen LogP contribution in [0.5, 0.6) is 0 Å². The molecule has 1 atom stereocenters. The number of carbonyl (C=O) groups excluding carboxylic acids is 1. The number of rotatable bonds is 8. The van der Waals surface area contributed by atoms with Crippen molar-refractivity contribution in [2.45, 2.75) is 31.5 Å². The van der Waals surface area contributed by atoms with E-state index in [0.717, 1.165) is 25.0 Å². The number of hydrogen-bond acceptors (Lipinski definition) is 5. The molecule has 0 radical (unpaired) electrons. The Morgan fingerprint density at radius 3 is 2.58 bits per heavy atom. The lowest BCUT2D eigenvalue weighted by Gasteiger charge is -2.12. The fourth-order valence-corrected chi connectivity index (χ4v) is 2.33. The summed E-state index contributed by atoms with van der Waals surface area (Å²) < 4.78 is 37.9. The number of nitrogens with two attached hydrogens (primary N) is 1. The minimum absolute atomic E-state index is 0. The molecule has 0 heterocycles. The maximum absolute atomic E-state index is 12.6. The predicted octanol–water partition coefficient (Wildman–Crippen LogP) is 2.69. The van der Waals surface area contributed by atoms with E-state index in [2.05, 4.69) is 10.6 Å². The molecule has 1 aliphatic rings. The van der Waals surface area contributed by atoms with E-state index in [9.17, 15) is 28.1 Å². The number of nitrogens with zero attached hydrogens (tertiary/aromatic N) is 1. The molecule has 0 spiro atoms. The molecule has 1 aromatic carbocycles. The Morgan fingerprint density at radius 2 is 2.04 bits per heavy atom. The topological polar surface area (TPSA) is 110 Å². The number of amides is 1. The van der Waals surface area contributed by atoms with Gasteiger partial charge in [-0.1, -0.05) is 0 Å². The van der Waals surface area contributed by atoms with Gasteiger partial charge in [-0.2, -0.15) is 13.2 Å². The summed E-state index contributed by atoms with van der Waals surface area (Å²) in [6, 6.07) is 2.14. The predicted molar refractivity (Wildman–Crippen MR) is 92.2 cm³/mol. The number of nitrogens with one attached hydrogen (secondary N) is 2. The van der Waals surface area contributed by atoms with Gasteiger partial charge in [0, 0.05) is 31.6 Å². The van der Waals surface area contributed by atoms with Crippen molar-refractivity contribution in [3.8, 4) is 0 Å². The Kier molecular flexibility index (Phi) is 7.64. The summed E-state index contributed by atoms with van der Waals surface area (Å²) in [7, 11) is 0. The highest BCUT2D eigenvalue weighted by Crippen LogP contribution is 2.35. The van der Waals surface area contributed by atoms with Gasteiger partial charge in [0.25, 0.3) is 5.69 Å². The zero-order valence-corrected chi connectivity index (χ0v) is 14.5. The number of nitro benzene ring substituents is 1. The molecule has 0 saturated heterocycles. The summed E-state index contributed by atoms with van der Waals surface area (Å²) >= 11 is 0. The lowest BCUT2D eigenvalue weighted by Crippen LogP contribution is -2.39.